The van der Waals surface area contributed by atoms with Gasteiger partial charge in [-0.1, -0.05) is 113 Å². The summed E-state index contributed by atoms with van der Waals surface area (Å²) < 4.78 is 44.1. The lowest BCUT2D eigenvalue weighted by Gasteiger charge is -2.28. The third-order valence-corrected chi connectivity index (χ3v) is 7.00. The van der Waals surface area contributed by atoms with Gasteiger partial charge >= 0.3 is 6.18 Å². The van der Waals surface area contributed by atoms with Crippen molar-refractivity contribution in [1.29, 1.82) is 5.26 Å². The van der Waals surface area contributed by atoms with Crippen LogP contribution in [0.25, 0.3) is 11.1 Å². The number of nitrogens with one attached hydrogen (secondary N) is 2. The fraction of sp³-hybridized carbons (Fsp3) is 0.188. The first-order valence-electron chi connectivity index (χ1n) is 12.7. The summed E-state index contributed by atoms with van der Waals surface area (Å²) in [4.78, 5) is 13.4. The minimum absolute atomic E-state index is 0.0136. The third kappa shape index (κ3) is 8.04. The van der Waals surface area contributed by atoms with E-state index in [2.05, 4.69) is 32.6 Å². The molecule has 4 aromatic rings. The Kier molecular flexibility index (Phi) is 9.75. The third-order valence-electron chi connectivity index (χ3n) is 6.47. The van der Waals surface area contributed by atoms with Crippen molar-refractivity contribution in [3.63, 3.8) is 0 Å². The molecule has 0 bridgehead atoms. The van der Waals surface area contributed by atoms with Crippen molar-refractivity contribution in [3.05, 3.63) is 130 Å². The van der Waals surface area contributed by atoms with E-state index in [1.807, 2.05) is 54.6 Å². The number of alkyl halides is 3. The van der Waals surface area contributed by atoms with Crippen LogP contribution in [0.3, 0.4) is 0 Å². The Morgan fingerprint density at radius 2 is 1.27 bits per heavy atom. The van der Waals surface area contributed by atoms with Crippen LogP contribution in [0.15, 0.2) is 114 Å². The van der Waals surface area contributed by atoms with Gasteiger partial charge in [-0.05, 0) is 46.4 Å². The molecule has 0 radical (unpaired) electrons. The van der Waals surface area contributed by atoms with Gasteiger partial charge < -0.3 is 5.32 Å². The molecule has 0 unspecified atom stereocenters. The van der Waals surface area contributed by atoms with Crippen molar-refractivity contribution in [2.24, 2.45) is 0 Å². The minimum atomic E-state index is -4.67. The average molecular weight is 606 g/mol. The monoisotopic (exact) mass is 605 g/mol. The molecule has 0 saturated heterocycles. The summed E-state index contributed by atoms with van der Waals surface area (Å²) in [5.41, 5.74) is 3.15. The largest absolute Gasteiger partial charge is 0.407 e. The molecule has 0 aromatic heterocycles. The number of carbonyl (C=O) groups is 1. The fourth-order valence-electron chi connectivity index (χ4n) is 4.42. The predicted octanol–water partition coefficient (Wildman–Crippen LogP) is 7.17. The molecule has 0 saturated carbocycles. The highest BCUT2D eigenvalue weighted by Gasteiger charge is 2.43. The van der Waals surface area contributed by atoms with Crippen LogP contribution < -0.4 is 10.6 Å². The molecule has 0 aliphatic carbocycles. The van der Waals surface area contributed by atoms with E-state index in [0.29, 0.717) is 5.56 Å². The molecular weight excluding hydrogens is 579 g/mol. The molecule has 2 N–H and O–H groups in total. The molecule has 3 atom stereocenters. The SMILES string of the molecule is N#C[C@H](Cc1ccccc1)NC(=O)[C@H](Cc1ccccc1)N[C@@H](c1ccc(-c2ccc(Br)cc2)cc1)C(F)(F)F. The van der Waals surface area contributed by atoms with Crippen molar-refractivity contribution in [3.8, 4) is 17.2 Å². The van der Waals surface area contributed by atoms with Crippen molar-refractivity contribution < 1.29 is 18.0 Å². The summed E-state index contributed by atoms with van der Waals surface area (Å²) in [6.45, 7) is 0. The molecule has 0 spiro atoms. The first-order valence-corrected chi connectivity index (χ1v) is 13.5. The second-order valence-corrected chi connectivity index (χ2v) is 10.3. The van der Waals surface area contributed by atoms with Crippen LogP contribution >= 0.6 is 15.9 Å². The molecule has 1 amide bonds. The zero-order valence-electron chi connectivity index (χ0n) is 21.4. The van der Waals surface area contributed by atoms with E-state index >= 15 is 0 Å². The zero-order valence-corrected chi connectivity index (χ0v) is 23.0. The number of amides is 1. The Hall–Kier alpha value is -3.93. The summed E-state index contributed by atoms with van der Waals surface area (Å²) in [5, 5.41) is 14.9. The molecule has 4 rings (SSSR count). The molecule has 204 valence electrons. The number of hydrogen-bond donors (Lipinski definition) is 2. The molecule has 4 nitrogen and oxygen atoms in total. The van der Waals surface area contributed by atoms with Crippen LogP contribution in [-0.2, 0) is 17.6 Å². The molecule has 8 heteroatoms. The van der Waals surface area contributed by atoms with E-state index in [-0.39, 0.29) is 18.4 Å². The number of hydrogen-bond acceptors (Lipinski definition) is 3. The second-order valence-electron chi connectivity index (χ2n) is 9.39. The van der Waals surface area contributed by atoms with Gasteiger partial charge in [0.1, 0.15) is 12.1 Å². The zero-order chi connectivity index (χ0) is 28.5. The summed E-state index contributed by atoms with van der Waals surface area (Å²) >= 11 is 3.38. The van der Waals surface area contributed by atoms with Crippen molar-refractivity contribution >= 4 is 21.8 Å². The van der Waals surface area contributed by atoms with E-state index in [0.717, 1.165) is 21.2 Å². The quantitative estimate of drug-likeness (QED) is 0.201. The second kappa shape index (κ2) is 13.4. The predicted molar refractivity (Wildman–Crippen MR) is 153 cm³/mol. The smallest absolute Gasteiger partial charge is 0.339 e. The van der Waals surface area contributed by atoms with Crippen LogP contribution in [-0.4, -0.2) is 24.2 Å². The maximum atomic E-state index is 14.4. The van der Waals surface area contributed by atoms with Gasteiger partial charge in [-0.2, -0.15) is 18.4 Å². The molecule has 4 aromatic carbocycles. The lowest BCUT2D eigenvalue weighted by atomic mass is 9.98. The van der Waals surface area contributed by atoms with Crippen LogP contribution in [0.1, 0.15) is 22.7 Å². The highest BCUT2D eigenvalue weighted by Crippen LogP contribution is 2.34. The highest BCUT2D eigenvalue weighted by molar-refractivity contribution is 9.10. The number of rotatable bonds is 10. The summed E-state index contributed by atoms with van der Waals surface area (Å²) in [7, 11) is 0. The number of nitriles is 1. The summed E-state index contributed by atoms with van der Waals surface area (Å²) in [6.07, 6.45) is -4.42. The van der Waals surface area contributed by atoms with Gasteiger partial charge in [0.15, 0.2) is 0 Å². The molecule has 0 aliphatic rings. The van der Waals surface area contributed by atoms with Crippen molar-refractivity contribution in [2.45, 2.75) is 37.1 Å². The van der Waals surface area contributed by atoms with Gasteiger partial charge in [0, 0.05) is 10.9 Å². The maximum absolute atomic E-state index is 14.4. The highest BCUT2D eigenvalue weighted by atomic mass is 79.9. The van der Waals surface area contributed by atoms with Gasteiger partial charge in [0.05, 0.1) is 12.1 Å². The van der Waals surface area contributed by atoms with Crippen LogP contribution in [0.5, 0.6) is 0 Å². The van der Waals surface area contributed by atoms with E-state index in [1.54, 1.807) is 42.5 Å². The fourth-order valence-corrected chi connectivity index (χ4v) is 4.68. The van der Waals surface area contributed by atoms with Crippen molar-refractivity contribution in [1.82, 2.24) is 10.6 Å². The molecule has 40 heavy (non-hydrogen) atoms. The van der Waals surface area contributed by atoms with Crippen LogP contribution in [0.4, 0.5) is 13.2 Å². The van der Waals surface area contributed by atoms with E-state index in [9.17, 15) is 23.2 Å². The van der Waals surface area contributed by atoms with E-state index in [4.69, 9.17) is 0 Å². The Bertz CT molecular complexity index is 1420. The number of nitrogens with zero attached hydrogens (tertiary/aromatic N) is 1. The number of halogens is 4. The Labute approximate surface area is 240 Å². The lowest BCUT2D eigenvalue weighted by molar-refractivity contribution is -0.160. The number of benzene rings is 4. The van der Waals surface area contributed by atoms with Gasteiger partial charge in [-0.15, -0.1) is 0 Å². The Morgan fingerprint density at radius 3 is 1.77 bits per heavy atom. The first kappa shape index (κ1) is 29.1. The van der Waals surface area contributed by atoms with Gasteiger partial charge in [-0.25, -0.2) is 0 Å². The van der Waals surface area contributed by atoms with E-state index in [1.165, 1.54) is 12.1 Å². The standard InChI is InChI=1S/C32H27BrF3N3O/c33-27-17-15-25(16-18-27)24-11-13-26(14-12-24)30(32(34,35)36)39-29(20-23-9-5-2-6-10-23)31(40)38-28(21-37)19-22-7-3-1-4-8-22/h1-18,28-30,39H,19-20H2,(H,38,40)/t28-,29-,30-/m0/s1. The molecule has 0 heterocycles. The topological polar surface area (TPSA) is 64.9 Å². The normalized spacial score (nSPS) is 13.6. The average Bonchev–Trinajstić information content (AvgIpc) is 2.96. The number of carbonyl (C=O) groups excluding carboxylic acids is 1. The molecule has 0 fully saturated rings. The lowest BCUT2D eigenvalue weighted by Crippen LogP contribution is -2.52. The van der Waals surface area contributed by atoms with Crippen molar-refractivity contribution in [2.75, 3.05) is 0 Å². The van der Waals surface area contributed by atoms with Crippen LogP contribution in [0, 0.1) is 11.3 Å². The Morgan fingerprint density at radius 1 is 0.775 bits per heavy atom. The Balaban J connectivity index is 1.58. The molecule has 0 aliphatic heterocycles. The van der Waals surface area contributed by atoms with Gasteiger partial charge in [0.25, 0.3) is 0 Å². The van der Waals surface area contributed by atoms with Gasteiger partial charge in [-0.3, -0.25) is 10.1 Å². The first-order chi connectivity index (χ1) is 19.2. The van der Waals surface area contributed by atoms with Gasteiger partial charge in [0.2, 0.25) is 5.91 Å². The minimum Gasteiger partial charge on any atom is -0.339 e. The summed E-state index contributed by atoms with van der Waals surface area (Å²) in [6, 6.07) is 29.4. The maximum Gasteiger partial charge on any atom is 0.407 e. The summed E-state index contributed by atoms with van der Waals surface area (Å²) in [5.74, 6) is -0.674. The van der Waals surface area contributed by atoms with E-state index < -0.39 is 30.2 Å². The molecular formula is C32H27BrF3N3O. The van der Waals surface area contributed by atoms with Crippen LogP contribution in [0.2, 0.25) is 0 Å².